The summed E-state index contributed by atoms with van der Waals surface area (Å²) in [4.78, 5) is 0. The van der Waals surface area contributed by atoms with Crippen molar-refractivity contribution in [2.24, 2.45) is 0 Å². The number of methoxy groups -OCH3 is 1. The molecule has 0 aliphatic heterocycles. The van der Waals surface area contributed by atoms with Crippen molar-refractivity contribution in [1.82, 2.24) is 25.5 Å². The summed E-state index contributed by atoms with van der Waals surface area (Å²) in [5.74, 6) is 0.740. The topological polar surface area (TPSA) is 64.9 Å². The first-order valence-electron chi connectivity index (χ1n) is 6.55. The van der Waals surface area contributed by atoms with Crippen molar-refractivity contribution in [3.63, 3.8) is 0 Å². The van der Waals surface area contributed by atoms with Crippen LogP contribution in [0.25, 0.3) is 0 Å². The molecule has 8 heteroatoms. The highest BCUT2D eigenvalue weighted by Crippen LogP contribution is 2.28. The molecular weight excluding hydrogens is 313 g/mol. The van der Waals surface area contributed by atoms with Crippen LogP contribution in [0.1, 0.15) is 24.4 Å². The number of hydrogen-bond donors (Lipinski definition) is 1. The van der Waals surface area contributed by atoms with Gasteiger partial charge in [-0.3, -0.25) is 0 Å². The minimum atomic E-state index is -0.0796. The number of nitrogens with zero attached hydrogens (tertiary/aromatic N) is 4. The largest absolute Gasteiger partial charge is 0.383 e. The molecule has 0 fully saturated rings. The molecule has 0 saturated heterocycles. The zero-order chi connectivity index (χ0) is 15.2. The molecule has 1 heterocycles. The van der Waals surface area contributed by atoms with Gasteiger partial charge in [-0.2, -0.15) is 0 Å². The van der Waals surface area contributed by atoms with Gasteiger partial charge in [0, 0.05) is 23.7 Å². The number of hydrogen-bond acceptors (Lipinski definition) is 5. The summed E-state index contributed by atoms with van der Waals surface area (Å²) >= 11 is 12.2. The first-order valence-corrected chi connectivity index (χ1v) is 7.30. The van der Waals surface area contributed by atoms with Crippen LogP contribution in [0.15, 0.2) is 18.2 Å². The number of benzene rings is 1. The predicted octanol–water partition coefficient (Wildman–Crippen LogP) is 2.33. The molecule has 0 amide bonds. The molecule has 0 spiro atoms. The van der Waals surface area contributed by atoms with E-state index < -0.39 is 0 Å². The van der Waals surface area contributed by atoms with Crippen LogP contribution in [-0.4, -0.2) is 40.5 Å². The van der Waals surface area contributed by atoms with Crippen LogP contribution in [0.4, 0.5) is 0 Å². The molecule has 114 valence electrons. The molecule has 1 unspecified atom stereocenters. The van der Waals surface area contributed by atoms with Gasteiger partial charge in [0.2, 0.25) is 0 Å². The van der Waals surface area contributed by atoms with Gasteiger partial charge in [-0.25, -0.2) is 4.68 Å². The van der Waals surface area contributed by atoms with Crippen LogP contribution in [-0.2, 0) is 11.3 Å². The molecule has 0 aliphatic carbocycles. The van der Waals surface area contributed by atoms with Crippen molar-refractivity contribution >= 4 is 23.2 Å². The van der Waals surface area contributed by atoms with Gasteiger partial charge in [-0.1, -0.05) is 29.3 Å². The fraction of sp³-hybridized carbons (Fsp3) is 0.462. The Hall–Kier alpha value is -1.21. The van der Waals surface area contributed by atoms with Gasteiger partial charge in [-0.15, -0.1) is 5.10 Å². The van der Waals surface area contributed by atoms with Gasteiger partial charge in [0.1, 0.15) is 0 Å². The standard InChI is InChI=1S/C13H17Cl2N5O/c1-9(11-4-3-10(14)7-12(11)15)20-13(17-18-19-20)8-16-5-6-21-2/h3-4,7,9,16H,5-6,8H2,1-2H3. The molecule has 1 aromatic heterocycles. The number of aromatic nitrogens is 4. The maximum absolute atomic E-state index is 6.24. The molecule has 2 rings (SSSR count). The highest BCUT2D eigenvalue weighted by atomic mass is 35.5. The zero-order valence-corrected chi connectivity index (χ0v) is 13.4. The Bertz CT molecular complexity index is 590. The van der Waals surface area contributed by atoms with Crippen LogP contribution in [0.2, 0.25) is 10.0 Å². The van der Waals surface area contributed by atoms with Crippen LogP contribution in [0.5, 0.6) is 0 Å². The minimum absolute atomic E-state index is 0.0796. The third kappa shape index (κ3) is 4.14. The predicted molar refractivity (Wildman–Crippen MR) is 81.7 cm³/mol. The van der Waals surface area contributed by atoms with Gasteiger partial charge >= 0.3 is 0 Å². The minimum Gasteiger partial charge on any atom is -0.383 e. The average molecular weight is 330 g/mol. The Balaban J connectivity index is 2.12. The molecule has 21 heavy (non-hydrogen) atoms. The SMILES string of the molecule is COCCNCc1nnnn1C(C)c1ccc(Cl)cc1Cl. The van der Waals surface area contributed by atoms with E-state index in [0.29, 0.717) is 23.2 Å². The highest BCUT2D eigenvalue weighted by Gasteiger charge is 2.17. The Labute approximate surface area is 133 Å². The van der Waals surface area contributed by atoms with E-state index in [1.54, 1.807) is 23.9 Å². The Morgan fingerprint density at radius 2 is 2.19 bits per heavy atom. The lowest BCUT2D eigenvalue weighted by Crippen LogP contribution is -2.22. The summed E-state index contributed by atoms with van der Waals surface area (Å²) < 4.78 is 6.73. The van der Waals surface area contributed by atoms with Crippen molar-refractivity contribution in [2.45, 2.75) is 19.5 Å². The quantitative estimate of drug-likeness (QED) is 0.790. The van der Waals surface area contributed by atoms with E-state index in [9.17, 15) is 0 Å². The molecular formula is C13H17Cl2N5O. The highest BCUT2D eigenvalue weighted by molar-refractivity contribution is 6.35. The smallest absolute Gasteiger partial charge is 0.165 e. The van der Waals surface area contributed by atoms with Crippen LogP contribution < -0.4 is 5.32 Å². The molecule has 2 aromatic rings. The van der Waals surface area contributed by atoms with Gasteiger partial charge in [-0.05, 0) is 35.0 Å². The van der Waals surface area contributed by atoms with Crippen molar-refractivity contribution in [2.75, 3.05) is 20.3 Å². The van der Waals surface area contributed by atoms with Crippen molar-refractivity contribution in [3.8, 4) is 0 Å². The number of nitrogens with one attached hydrogen (secondary N) is 1. The lowest BCUT2D eigenvalue weighted by atomic mass is 10.1. The Morgan fingerprint density at radius 3 is 2.90 bits per heavy atom. The lowest BCUT2D eigenvalue weighted by Gasteiger charge is -2.15. The van der Waals surface area contributed by atoms with Crippen molar-refractivity contribution in [3.05, 3.63) is 39.6 Å². The summed E-state index contributed by atoms with van der Waals surface area (Å²) in [5.41, 5.74) is 0.923. The van der Waals surface area contributed by atoms with Crippen LogP contribution >= 0.6 is 23.2 Å². The van der Waals surface area contributed by atoms with Crippen LogP contribution in [0.3, 0.4) is 0 Å². The van der Waals surface area contributed by atoms with E-state index in [1.165, 1.54) is 0 Å². The molecule has 0 radical (unpaired) electrons. The van der Waals surface area contributed by atoms with E-state index in [2.05, 4.69) is 20.8 Å². The van der Waals surface area contributed by atoms with Gasteiger partial charge in [0.05, 0.1) is 19.2 Å². The molecule has 0 aliphatic rings. The Morgan fingerprint density at radius 1 is 1.38 bits per heavy atom. The summed E-state index contributed by atoms with van der Waals surface area (Å²) in [6.45, 7) is 3.93. The molecule has 0 saturated carbocycles. The first-order chi connectivity index (χ1) is 10.1. The summed E-state index contributed by atoms with van der Waals surface area (Å²) in [7, 11) is 1.66. The van der Waals surface area contributed by atoms with Crippen molar-refractivity contribution < 1.29 is 4.74 Å². The van der Waals surface area contributed by atoms with E-state index in [0.717, 1.165) is 17.9 Å². The maximum atomic E-state index is 6.24. The van der Waals surface area contributed by atoms with Crippen LogP contribution in [0, 0.1) is 0 Å². The van der Waals surface area contributed by atoms with Gasteiger partial charge in [0.25, 0.3) is 0 Å². The fourth-order valence-corrected chi connectivity index (χ4v) is 2.54. The second-order valence-corrected chi connectivity index (χ2v) is 5.39. The monoisotopic (exact) mass is 329 g/mol. The average Bonchev–Trinajstić information content (AvgIpc) is 2.91. The van der Waals surface area contributed by atoms with Crippen molar-refractivity contribution in [1.29, 1.82) is 0 Å². The fourth-order valence-electron chi connectivity index (χ4n) is 1.98. The van der Waals surface area contributed by atoms with E-state index in [4.69, 9.17) is 27.9 Å². The number of rotatable bonds is 7. The lowest BCUT2D eigenvalue weighted by molar-refractivity contribution is 0.198. The third-order valence-corrected chi connectivity index (χ3v) is 3.67. The normalized spacial score (nSPS) is 12.6. The molecule has 1 N–H and O–H groups in total. The second-order valence-electron chi connectivity index (χ2n) is 4.55. The van der Waals surface area contributed by atoms with E-state index in [1.807, 2.05) is 13.0 Å². The van der Waals surface area contributed by atoms with Gasteiger partial charge < -0.3 is 10.1 Å². The van der Waals surface area contributed by atoms with Gasteiger partial charge in [0.15, 0.2) is 5.82 Å². The molecule has 1 aromatic carbocycles. The zero-order valence-electron chi connectivity index (χ0n) is 11.9. The second kappa shape index (κ2) is 7.70. The van der Waals surface area contributed by atoms with E-state index >= 15 is 0 Å². The molecule has 1 atom stereocenters. The summed E-state index contributed by atoms with van der Waals surface area (Å²) in [6.07, 6.45) is 0. The number of ether oxygens (including phenoxy) is 1. The maximum Gasteiger partial charge on any atom is 0.165 e. The summed E-state index contributed by atoms with van der Waals surface area (Å²) in [6, 6.07) is 5.33. The summed E-state index contributed by atoms with van der Waals surface area (Å²) in [5, 5.41) is 16.2. The molecule has 6 nitrogen and oxygen atoms in total. The van der Waals surface area contributed by atoms with E-state index in [-0.39, 0.29) is 6.04 Å². The molecule has 0 bridgehead atoms. The number of halogens is 2. The number of tetrazole rings is 1. The first kappa shape index (κ1) is 16.2. The third-order valence-electron chi connectivity index (χ3n) is 3.11. The Kier molecular flexibility index (Phi) is 5.93.